The van der Waals surface area contributed by atoms with Crippen molar-refractivity contribution in [2.45, 2.75) is 0 Å². The average molecular weight is 322 g/mol. The highest BCUT2D eigenvalue weighted by atomic mass is 16.6. The Morgan fingerprint density at radius 3 is 2.79 bits per heavy atom. The molecule has 1 saturated heterocycles. The number of ether oxygens (including phenoxy) is 1. The Labute approximate surface area is 138 Å². The maximum atomic E-state index is 11.7. The minimum absolute atomic E-state index is 0.204. The van der Waals surface area contributed by atoms with Gasteiger partial charge in [0.2, 0.25) is 0 Å². The molecule has 1 N–H and O–H groups in total. The van der Waals surface area contributed by atoms with Gasteiger partial charge in [-0.3, -0.25) is 14.7 Å². The summed E-state index contributed by atoms with van der Waals surface area (Å²) in [6.45, 7) is 1.17. The van der Waals surface area contributed by atoms with Crippen molar-refractivity contribution in [3.8, 4) is 11.8 Å². The number of nitrogens with zero attached hydrogens (tertiary/aromatic N) is 3. The first-order chi connectivity index (χ1) is 11.7. The number of carbonyl (C=O) groups is 2. The number of cyclic esters (lactones) is 1. The van der Waals surface area contributed by atoms with Crippen molar-refractivity contribution in [2.75, 3.05) is 24.6 Å². The second-order valence-electron chi connectivity index (χ2n) is 4.89. The molecular formula is C17H14N4O3. The maximum Gasteiger partial charge on any atom is 0.414 e. The van der Waals surface area contributed by atoms with Gasteiger partial charge in [-0.05, 0) is 24.3 Å². The van der Waals surface area contributed by atoms with E-state index in [1.807, 2.05) is 24.3 Å². The Morgan fingerprint density at radius 1 is 1.29 bits per heavy atom. The summed E-state index contributed by atoms with van der Waals surface area (Å²) < 4.78 is 4.90. The van der Waals surface area contributed by atoms with Crippen LogP contribution < -0.4 is 10.2 Å². The first kappa shape index (κ1) is 15.5. The number of hydrogen-bond acceptors (Lipinski definition) is 5. The second kappa shape index (κ2) is 7.24. The van der Waals surface area contributed by atoms with E-state index in [1.165, 1.54) is 18.6 Å². The van der Waals surface area contributed by atoms with Gasteiger partial charge in [0.1, 0.15) is 12.3 Å². The zero-order chi connectivity index (χ0) is 16.8. The number of benzene rings is 1. The number of rotatable bonds is 3. The quantitative estimate of drug-likeness (QED) is 0.859. The number of nitrogens with one attached hydrogen (secondary N) is 1. The van der Waals surface area contributed by atoms with Crippen molar-refractivity contribution in [2.24, 2.45) is 0 Å². The molecule has 7 nitrogen and oxygen atoms in total. The molecule has 24 heavy (non-hydrogen) atoms. The molecule has 3 rings (SSSR count). The number of anilines is 1. The van der Waals surface area contributed by atoms with Crippen LogP contribution in [0.25, 0.3) is 0 Å². The molecule has 0 radical (unpaired) electrons. The van der Waals surface area contributed by atoms with E-state index in [4.69, 9.17) is 4.74 Å². The molecule has 0 atom stereocenters. The summed E-state index contributed by atoms with van der Waals surface area (Å²) >= 11 is 0. The first-order valence-corrected chi connectivity index (χ1v) is 7.31. The second-order valence-corrected chi connectivity index (χ2v) is 4.89. The van der Waals surface area contributed by atoms with Gasteiger partial charge in [-0.25, -0.2) is 9.78 Å². The van der Waals surface area contributed by atoms with Gasteiger partial charge in [-0.2, -0.15) is 0 Å². The van der Waals surface area contributed by atoms with Gasteiger partial charge >= 0.3 is 6.09 Å². The largest absolute Gasteiger partial charge is 0.447 e. The minimum atomic E-state index is -0.333. The van der Waals surface area contributed by atoms with Crippen LogP contribution in [-0.2, 0) is 4.74 Å². The molecule has 2 aromatic rings. The van der Waals surface area contributed by atoms with Crippen LogP contribution >= 0.6 is 0 Å². The van der Waals surface area contributed by atoms with E-state index in [1.54, 1.807) is 4.90 Å². The number of aromatic nitrogens is 2. The molecule has 1 fully saturated rings. The van der Waals surface area contributed by atoms with E-state index < -0.39 is 0 Å². The molecule has 0 bridgehead atoms. The van der Waals surface area contributed by atoms with Crippen molar-refractivity contribution in [1.82, 2.24) is 15.3 Å². The lowest BCUT2D eigenvalue weighted by molar-refractivity contribution is 0.0953. The van der Waals surface area contributed by atoms with Gasteiger partial charge in [-0.1, -0.05) is 11.8 Å². The molecule has 2 amide bonds. The Bertz CT molecular complexity index is 794. The Morgan fingerprint density at radius 2 is 2.12 bits per heavy atom. The zero-order valence-corrected chi connectivity index (χ0v) is 12.7. The SMILES string of the molecule is O=C(NCC#Cc1ccc(N2CCOC2=O)cc1)c1cnccn1. The van der Waals surface area contributed by atoms with Crippen LogP contribution in [0.5, 0.6) is 0 Å². The third kappa shape index (κ3) is 3.67. The topological polar surface area (TPSA) is 84.4 Å². The van der Waals surface area contributed by atoms with Crippen LogP contribution in [-0.4, -0.2) is 41.7 Å². The molecule has 1 aromatic carbocycles. The third-order valence-electron chi connectivity index (χ3n) is 3.31. The molecule has 1 aliphatic heterocycles. The predicted molar refractivity (Wildman–Crippen MR) is 86.4 cm³/mol. The zero-order valence-electron chi connectivity index (χ0n) is 12.7. The molecule has 1 aliphatic rings. The highest BCUT2D eigenvalue weighted by Gasteiger charge is 2.23. The lowest BCUT2D eigenvalue weighted by Crippen LogP contribution is -2.24. The van der Waals surface area contributed by atoms with Gasteiger partial charge in [0.05, 0.1) is 19.3 Å². The van der Waals surface area contributed by atoms with Gasteiger partial charge in [-0.15, -0.1) is 0 Å². The van der Waals surface area contributed by atoms with Crippen LogP contribution in [0.4, 0.5) is 10.5 Å². The summed E-state index contributed by atoms with van der Waals surface area (Å²) in [5.41, 5.74) is 1.82. The Hall–Kier alpha value is -3.40. The van der Waals surface area contributed by atoms with Crippen LogP contribution in [0.1, 0.15) is 16.1 Å². The Balaban J connectivity index is 1.54. The van der Waals surface area contributed by atoms with Crippen molar-refractivity contribution < 1.29 is 14.3 Å². The molecular weight excluding hydrogens is 308 g/mol. The monoisotopic (exact) mass is 322 g/mol. The number of amides is 2. The molecule has 120 valence electrons. The molecule has 0 saturated carbocycles. The van der Waals surface area contributed by atoms with E-state index in [0.29, 0.717) is 13.2 Å². The van der Waals surface area contributed by atoms with Crippen molar-refractivity contribution in [3.05, 3.63) is 54.1 Å². The summed E-state index contributed by atoms with van der Waals surface area (Å²) in [4.78, 5) is 32.5. The van der Waals surface area contributed by atoms with Crippen molar-refractivity contribution in [1.29, 1.82) is 0 Å². The molecule has 0 aliphatic carbocycles. The van der Waals surface area contributed by atoms with E-state index in [-0.39, 0.29) is 24.2 Å². The molecule has 0 unspecified atom stereocenters. The van der Waals surface area contributed by atoms with Crippen LogP contribution in [0.2, 0.25) is 0 Å². The van der Waals surface area contributed by atoms with E-state index in [9.17, 15) is 9.59 Å². The third-order valence-corrected chi connectivity index (χ3v) is 3.31. The summed E-state index contributed by atoms with van der Waals surface area (Å²) in [5.74, 6) is 5.49. The number of carbonyl (C=O) groups excluding carboxylic acids is 2. The van der Waals surface area contributed by atoms with E-state index in [2.05, 4.69) is 27.1 Å². The van der Waals surface area contributed by atoms with E-state index in [0.717, 1.165) is 11.3 Å². The molecule has 1 aromatic heterocycles. The summed E-state index contributed by atoms with van der Waals surface area (Å²) in [6.07, 6.45) is 4.02. The highest BCUT2D eigenvalue weighted by molar-refractivity contribution is 5.92. The lowest BCUT2D eigenvalue weighted by atomic mass is 10.2. The van der Waals surface area contributed by atoms with Gasteiger partial charge in [0.15, 0.2) is 0 Å². The predicted octanol–water partition coefficient (Wildman–Crippen LogP) is 1.21. The van der Waals surface area contributed by atoms with Gasteiger partial charge < -0.3 is 10.1 Å². The first-order valence-electron chi connectivity index (χ1n) is 7.31. The van der Waals surface area contributed by atoms with Crippen LogP contribution in [0.3, 0.4) is 0 Å². The summed E-state index contributed by atoms with van der Waals surface area (Å²) in [5, 5.41) is 2.65. The maximum absolute atomic E-state index is 11.7. The Kier molecular flexibility index (Phi) is 4.68. The summed E-state index contributed by atoms with van der Waals surface area (Å²) in [7, 11) is 0. The van der Waals surface area contributed by atoms with Crippen molar-refractivity contribution in [3.63, 3.8) is 0 Å². The average Bonchev–Trinajstić information content (AvgIpc) is 3.06. The molecule has 2 heterocycles. The standard InChI is InChI=1S/C17H14N4O3/c22-16(15-12-18-8-9-19-15)20-7-1-2-13-3-5-14(6-4-13)21-10-11-24-17(21)23/h3-6,8-9,12H,7,10-11H2,(H,20,22). The molecule has 7 heteroatoms. The lowest BCUT2D eigenvalue weighted by Gasteiger charge is -2.11. The fraction of sp³-hybridized carbons (Fsp3) is 0.176. The minimum Gasteiger partial charge on any atom is -0.447 e. The highest BCUT2D eigenvalue weighted by Crippen LogP contribution is 2.18. The number of hydrogen-bond donors (Lipinski definition) is 1. The summed E-state index contributed by atoms with van der Waals surface area (Å²) in [6, 6.07) is 7.26. The van der Waals surface area contributed by atoms with E-state index >= 15 is 0 Å². The van der Waals surface area contributed by atoms with Crippen molar-refractivity contribution >= 4 is 17.7 Å². The van der Waals surface area contributed by atoms with Gasteiger partial charge in [0.25, 0.3) is 5.91 Å². The fourth-order valence-electron chi connectivity index (χ4n) is 2.13. The van der Waals surface area contributed by atoms with Crippen LogP contribution in [0.15, 0.2) is 42.9 Å². The normalized spacial score (nSPS) is 13.0. The van der Waals surface area contributed by atoms with Crippen LogP contribution in [0, 0.1) is 11.8 Å². The fourth-order valence-corrected chi connectivity index (χ4v) is 2.13. The smallest absolute Gasteiger partial charge is 0.414 e. The molecule has 0 spiro atoms. The van der Waals surface area contributed by atoms with Gasteiger partial charge in [0, 0.05) is 23.6 Å².